The van der Waals surface area contributed by atoms with E-state index in [0.29, 0.717) is 11.2 Å². The number of nitrogens with one attached hydrogen (secondary N) is 1. The average Bonchev–Trinajstić information content (AvgIpc) is 3.38. The summed E-state index contributed by atoms with van der Waals surface area (Å²) in [6.07, 6.45) is 2.38. The van der Waals surface area contributed by atoms with Gasteiger partial charge < -0.3 is 10.2 Å². The smallest absolute Gasteiger partial charge is 0.236 e. The van der Waals surface area contributed by atoms with Crippen LogP contribution in [0.5, 0.6) is 0 Å². The number of rotatable bonds is 7. The van der Waals surface area contributed by atoms with Crippen LogP contribution < -0.4 is 5.32 Å². The fourth-order valence-corrected chi connectivity index (χ4v) is 4.00. The number of para-hydroxylation sites is 1. The molecule has 1 amide bonds. The molecule has 0 saturated heterocycles. The third-order valence-electron chi connectivity index (χ3n) is 4.50. The Labute approximate surface area is 160 Å². The van der Waals surface area contributed by atoms with Gasteiger partial charge in [-0.3, -0.25) is 4.79 Å². The highest BCUT2D eigenvalue weighted by Crippen LogP contribution is 2.31. The number of hydrogen-bond donors (Lipinski definition) is 1. The van der Waals surface area contributed by atoms with Crippen molar-refractivity contribution in [3.8, 4) is 0 Å². The van der Waals surface area contributed by atoms with Crippen LogP contribution in [0.2, 0.25) is 0 Å². The first-order chi connectivity index (χ1) is 12.4. The van der Waals surface area contributed by atoms with Gasteiger partial charge in [0.25, 0.3) is 0 Å². The Morgan fingerprint density at radius 3 is 2.38 bits per heavy atom. The third kappa shape index (κ3) is 4.29. The molecule has 0 spiro atoms. The van der Waals surface area contributed by atoms with Gasteiger partial charge in [0.15, 0.2) is 5.16 Å². The normalized spacial score (nSPS) is 15.5. The largest absolute Gasteiger partial charge is 0.367 e. The van der Waals surface area contributed by atoms with Crippen molar-refractivity contribution in [1.82, 2.24) is 14.9 Å². The number of hydrogen-bond acceptors (Lipinski definition) is 5. The van der Waals surface area contributed by atoms with Crippen molar-refractivity contribution in [3.05, 3.63) is 24.3 Å². The van der Waals surface area contributed by atoms with Crippen molar-refractivity contribution in [3.63, 3.8) is 0 Å². The predicted molar refractivity (Wildman–Crippen MR) is 109 cm³/mol. The van der Waals surface area contributed by atoms with Gasteiger partial charge >= 0.3 is 0 Å². The fraction of sp³-hybridized carbons (Fsp3) is 0.550. The molecule has 6 heteroatoms. The molecule has 1 atom stereocenters. The molecule has 2 aromatic rings. The maximum atomic E-state index is 12.9. The Balaban J connectivity index is 1.84. The first-order valence-electron chi connectivity index (χ1n) is 9.39. The SMILES string of the molecule is CC(C)N(C(=O)[C@@H](C)Sc1nc(NC2CC2)c2ccccc2n1)C(C)C. The maximum Gasteiger partial charge on any atom is 0.236 e. The molecule has 1 heterocycles. The minimum atomic E-state index is -0.227. The van der Waals surface area contributed by atoms with Crippen molar-refractivity contribution in [2.45, 2.75) is 76.0 Å². The Morgan fingerprint density at radius 1 is 1.12 bits per heavy atom. The second-order valence-electron chi connectivity index (χ2n) is 7.48. The lowest BCUT2D eigenvalue weighted by Gasteiger charge is -2.32. The monoisotopic (exact) mass is 372 g/mol. The first kappa shape index (κ1) is 19.0. The zero-order valence-electron chi connectivity index (χ0n) is 16.2. The number of carbonyl (C=O) groups is 1. The van der Waals surface area contributed by atoms with E-state index in [0.717, 1.165) is 16.7 Å². The van der Waals surface area contributed by atoms with Gasteiger partial charge in [0.2, 0.25) is 5.91 Å². The second kappa shape index (κ2) is 7.82. The number of aromatic nitrogens is 2. The summed E-state index contributed by atoms with van der Waals surface area (Å²) < 4.78 is 0. The quantitative estimate of drug-likeness (QED) is 0.579. The standard InChI is InChI=1S/C20H28N4OS/c1-12(2)24(13(3)4)19(25)14(5)26-20-22-17-9-7-6-8-16(17)18(23-20)21-15-10-11-15/h6-9,12-15H,10-11H2,1-5H3,(H,21,22,23)/t14-/m1/s1. The van der Waals surface area contributed by atoms with Gasteiger partial charge in [0, 0.05) is 23.5 Å². The van der Waals surface area contributed by atoms with E-state index in [1.54, 1.807) is 0 Å². The molecule has 1 fully saturated rings. The van der Waals surface area contributed by atoms with Crippen LogP contribution in [0.15, 0.2) is 29.4 Å². The molecule has 1 aromatic heterocycles. The number of nitrogens with zero attached hydrogens (tertiary/aromatic N) is 3. The Kier molecular flexibility index (Phi) is 5.70. The fourth-order valence-electron chi connectivity index (χ4n) is 3.16. The zero-order valence-corrected chi connectivity index (χ0v) is 17.0. The molecule has 1 aliphatic rings. The molecular weight excluding hydrogens is 344 g/mol. The molecule has 1 N–H and O–H groups in total. The van der Waals surface area contributed by atoms with Crippen molar-refractivity contribution >= 4 is 34.4 Å². The highest BCUT2D eigenvalue weighted by atomic mass is 32.2. The third-order valence-corrected chi connectivity index (χ3v) is 5.45. The molecule has 0 unspecified atom stereocenters. The van der Waals surface area contributed by atoms with Gasteiger partial charge in [0.05, 0.1) is 10.8 Å². The molecule has 140 valence electrons. The van der Waals surface area contributed by atoms with E-state index in [9.17, 15) is 4.79 Å². The van der Waals surface area contributed by atoms with E-state index < -0.39 is 0 Å². The highest BCUT2D eigenvalue weighted by molar-refractivity contribution is 8.00. The van der Waals surface area contributed by atoms with Gasteiger partial charge in [-0.05, 0) is 59.6 Å². The van der Waals surface area contributed by atoms with E-state index >= 15 is 0 Å². The van der Waals surface area contributed by atoms with Crippen molar-refractivity contribution < 1.29 is 4.79 Å². The van der Waals surface area contributed by atoms with Crippen molar-refractivity contribution in [2.24, 2.45) is 0 Å². The maximum absolute atomic E-state index is 12.9. The molecule has 0 bridgehead atoms. The zero-order chi connectivity index (χ0) is 18.8. The van der Waals surface area contributed by atoms with Gasteiger partial charge in [-0.2, -0.15) is 0 Å². The lowest BCUT2D eigenvalue weighted by atomic mass is 10.2. The van der Waals surface area contributed by atoms with E-state index in [1.807, 2.05) is 36.1 Å². The van der Waals surface area contributed by atoms with Crippen LogP contribution in [0.1, 0.15) is 47.5 Å². The van der Waals surface area contributed by atoms with Crippen LogP contribution >= 0.6 is 11.8 Å². The van der Waals surface area contributed by atoms with Crippen LogP contribution in [0.3, 0.4) is 0 Å². The number of fused-ring (bicyclic) bond motifs is 1. The summed E-state index contributed by atoms with van der Waals surface area (Å²) in [5.41, 5.74) is 0.914. The lowest BCUT2D eigenvalue weighted by molar-refractivity contribution is -0.133. The minimum absolute atomic E-state index is 0.133. The molecule has 0 radical (unpaired) electrons. The number of carbonyl (C=O) groups excluding carboxylic acids is 1. The summed E-state index contributed by atoms with van der Waals surface area (Å²) in [5, 5.41) is 4.96. The van der Waals surface area contributed by atoms with Crippen LogP contribution in [-0.2, 0) is 4.79 Å². The molecule has 1 aromatic carbocycles. The Hall–Kier alpha value is -1.82. The highest BCUT2D eigenvalue weighted by Gasteiger charge is 2.27. The van der Waals surface area contributed by atoms with Crippen LogP contribution in [0.4, 0.5) is 5.82 Å². The summed E-state index contributed by atoms with van der Waals surface area (Å²) in [7, 11) is 0. The van der Waals surface area contributed by atoms with Crippen molar-refractivity contribution in [1.29, 1.82) is 0 Å². The Morgan fingerprint density at radius 2 is 1.77 bits per heavy atom. The number of thioether (sulfide) groups is 1. The summed E-state index contributed by atoms with van der Waals surface area (Å²) in [6.45, 7) is 10.2. The van der Waals surface area contributed by atoms with Gasteiger partial charge in [0.1, 0.15) is 5.82 Å². The average molecular weight is 373 g/mol. The Bertz CT molecular complexity index is 780. The van der Waals surface area contributed by atoms with E-state index in [-0.39, 0.29) is 23.2 Å². The van der Waals surface area contributed by atoms with Crippen LogP contribution in [-0.4, -0.2) is 44.2 Å². The van der Waals surface area contributed by atoms with Crippen molar-refractivity contribution in [2.75, 3.05) is 5.32 Å². The van der Waals surface area contributed by atoms with Gasteiger partial charge in [-0.25, -0.2) is 9.97 Å². The molecular formula is C20H28N4OS. The summed E-state index contributed by atoms with van der Waals surface area (Å²) in [6, 6.07) is 8.90. The minimum Gasteiger partial charge on any atom is -0.367 e. The van der Waals surface area contributed by atoms with E-state index in [1.165, 1.54) is 24.6 Å². The summed E-state index contributed by atoms with van der Waals surface area (Å²) in [5.74, 6) is 1.01. The molecule has 26 heavy (non-hydrogen) atoms. The topological polar surface area (TPSA) is 58.1 Å². The molecule has 0 aliphatic heterocycles. The second-order valence-corrected chi connectivity index (χ2v) is 8.79. The summed E-state index contributed by atoms with van der Waals surface area (Å²) >= 11 is 1.44. The molecule has 5 nitrogen and oxygen atoms in total. The van der Waals surface area contributed by atoms with Gasteiger partial charge in [-0.1, -0.05) is 23.9 Å². The predicted octanol–water partition coefficient (Wildman–Crippen LogP) is 4.33. The summed E-state index contributed by atoms with van der Waals surface area (Å²) in [4.78, 5) is 24.2. The van der Waals surface area contributed by atoms with Gasteiger partial charge in [-0.15, -0.1) is 0 Å². The lowest BCUT2D eigenvalue weighted by Crippen LogP contribution is -2.45. The first-order valence-corrected chi connectivity index (χ1v) is 10.3. The molecule has 1 saturated carbocycles. The van der Waals surface area contributed by atoms with E-state index in [4.69, 9.17) is 4.98 Å². The van der Waals surface area contributed by atoms with E-state index in [2.05, 4.69) is 38.0 Å². The number of anilines is 1. The molecule has 3 rings (SSSR count). The number of amides is 1. The van der Waals surface area contributed by atoms with Crippen LogP contribution in [0.25, 0.3) is 10.9 Å². The van der Waals surface area contributed by atoms with Crippen LogP contribution in [0, 0.1) is 0 Å². The number of benzene rings is 1. The molecule has 1 aliphatic carbocycles.